The van der Waals surface area contributed by atoms with E-state index in [1.807, 2.05) is 0 Å². The molecule has 0 aliphatic carbocycles. The molecule has 2 aromatic carbocycles. The van der Waals surface area contributed by atoms with Gasteiger partial charge < -0.3 is 0 Å². The van der Waals surface area contributed by atoms with Crippen molar-refractivity contribution >= 4 is 41.5 Å². The third-order valence-corrected chi connectivity index (χ3v) is 17.2. The number of alkyl halides is 1. The summed E-state index contributed by atoms with van der Waals surface area (Å²) in [6, 6.07) is 22.3. The van der Waals surface area contributed by atoms with E-state index in [-0.39, 0.29) is 0 Å². The fraction of sp³-hybridized carbons (Fsp3) is 0.250. The zero-order chi connectivity index (χ0) is 12.8. The van der Waals surface area contributed by atoms with Crippen molar-refractivity contribution in [2.45, 2.75) is 15.8 Å². The van der Waals surface area contributed by atoms with Crippen molar-refractivity contribution in [3.8, 4) is 0 Å². The molecule has 0 radical (unpaired) electrons. The molecule has 0 heterocycles. The van der Waals surface area contributed by atoms with Crippen LogP contribution in [0.2, 0.25) is 9.38 Å². The Morgan fingerprint density at radius 2 is 1.28 bits per heavy atom. The van der Waals surface area contributed by atoms with Gasteiger partial charge in [-0.3, -0.25) is 0 Å². The number of hydrogen-bond acceptors (Lipinski definition) is 0. The minimum absolute atomic E-state index is 1.11. The molecule has 0 atom stereocenters. The van der Waals surface area contributed by atoms with Gasteiger partial charge in [-0.1, -0.05) is 0 Å². The molecule has 0 spiro atoms. The SMILES string of the molecule is [CH3][Sn]([CH2]CCBr)([c]1ccccc1)[c]1ccccc1. The molecule has 0 aromatic heterocycles. The first-order chi connectivity index (χ1) is 8.77. The Kier molecular flexibility index (Phi) is 5.31. The van der Waals surface area contributed by atoms with Gasteiger partial charge in [0.15, 0.2) is 0 Å². The molecule has 0 amide bonds. The average molecular weight is 410 g/mol. The summed E-state index contributed by atoms with van der Waals surface area (Å²) in [5, 5.41) is 1.11. The number of hydrogen-bond donors (Lipinski definition) is 0. The Bertz CT molecular complexity index is 427. The van der Waals surface area contributed by atoms with Crippen molar-refractivity contribution in [2.24, 2.45) is 0 Å². The van der Waals surface area contributed by atoms with Gasteiger partial charge in [0.1, 0.15) is 0 Å². The van der Waals surface area contributed by atoms with Gasteiger partial charge in [0.25, 0.3) is 0 Å². The van der Waals surface area contributed by atoms with E-state index in [1.54, 1.807) is 7.16 Å². The zero-order valence-electron chi connectivity index (χ0n) is 10.8. The van der Waals surface area contributed by atoms with E-state index >= 15 is 0 Å². The molecular weight excluding hydrogens is 391 g/mol. The Balaban J connectivity index is 2.41. The summed E-state index contributed by atoms with van der Waals surface area (Å²) in [4.78, 5) is 2.56. The van der Waals surface area contributed by atoms with Gasteiger partial charge in [-0.05, 0) is 0 Å². The molecule has 94 valence electrons. The van der Waals surface area contributed by atoms with E-state index in [4.69, 9.17) is 0 Å². The molecule has 0 aliphatic rings. The summed E-state index contributed by atoms with van der Waals surface area (Å²) in [5.41, 5.74) is 0. The molecule has 18 heavy (non-hydrogen) atoms. The van der Waals surface area contributed by atoms with Gasteiger partial charge >= 0.3 is 123 Å². The van der Waals surface area contributed by atoms with Crippen LogP contribution >= 0.6 is 15.9 Å². The summed E-state index contributed by atoms with van der Waals surface area (Å²) in [7, 11) is 0. The van der Waals surface area contributed by atoms with Crippen LogP contribution in [0.4, 0.5) is 0 Å². The first kappa shape index (κ1) is 14.1. The number of benzene rings is 2. The number of rotatable bonds is 5. The molecule has 0 saturated carbocycles. The summed E-state index contributed by atoms with van der Waals surface area (Å²) >= 11 is 1.18. The van der Waals surface area contributed by atoms with Gasteiger partial charge in [0.05, 0.1) is 0 Å². The first-order valence-electron chi connectivity index (χ1n) is 6.44. The fourth-order valence-electron chi connectivity index (χ4n) is 2.49. The van der Waals surface area contributed by atoms with Gasteiger partial charge in [0.2, 0.25) is 0 Å². The third kappa shape index (κ3) is 3.18. The van der Waals surface area contributed by atoms with Crippen LogP contribution in [-0.2, 0) is 0 Å². The monoisotopic (exact) mass is 410 g/mol. The standard InChI is InChI=1S/2C6H5.C3H6Br.CH3.Sn/c2*1-2-4-6-5-3-1;1-2-3-4;;/h2*1-5H;1-3H2;1H3;. The zero-order valence-corrected chi connectivity index (χ0v) is 15.2. The van der Waals surface area contributed by atoms with Crippen molar-refractivity contribution in [1.29, 1.82) is 0 Å². The van der Waals surface area contributed by atoms with Crippen LogP contribution in [0.3, 0.4) is 0 Å². The predicted octanol–water partition coefficient (Wildman–Crippen LogP) is 3.66. The molecule has 0 fully saturated rings. The second-order valence-electron chi connectivity index (χ2n) is 4.86. The Morgan fingerprint density at radius 1 is 0.833 bits per heavy atom. The maximum atomic E-state index is 3.58. The van der Waals surface area contributed by atoms with Gasteiger partial charge in [-0.2, -0.15) is 0 Å². The molecular formula is C16H19BrSn. The van der Waals surface area contributed by atoms with Crippen molar-refractivity contribution in [3.63, 3.8) is 0 Å². The van der Waals surface area contributed by atoms with E-state index in [2.05, 4.69) is 81.5 Å². The van der Waals surface area contributed by atoms with Gasteiger partial charge in [0, 0.05) is 0 Å². The second-order valence-corrected chi connectivity index (χ2v) is 18.0. The predicted molar refractivity (Wildman–Crippen MR) is 87.0 cm³/mol. The molecule has 0 N–H and O–H groups in total. The molecule has 2 heteroatoms. The third-order valence-electron chi connectivity index (χ3n) is 3.63. The normalized spacial score (nSPS) is 11.4. The molecule has 0 bridgehead atoms. The van der Waals surface area contributed by atoms with Crippen molar-refractivity contribution in [1.82, 2.24) is 0 Å². The van der Waals surface area contributed by atoms with Crippen LogP contribution in [-0.4, -0.2) is 23.7 Å². The van der Waals surface area contributed by atoms with E-state index in [0.29, 0.717) is 0 Å². The van der Waals surface area contributed by atoms with Crippen LogP contribution in [0, 0.1) is 0 Å². The van der Waals surface area contributed by atoms with Crippen LogP contribution in [0.15, 0.2) is 60.7 Å². The molecule has 0 nitrogen and oxygen atoms in total. The average Bonchev–Trinajstić information content (AvgIpc) is 2.46. The van der Waals surface area contributed by atoms with Crippen molar-refractivity contribution < 1.29 is 0 Å². The Labute approximate surface area is 122 Å². The van der Waals surface area contributed by atoms with Crippen molar-refractivity contribution in [2.75, 3.05) is 5.33 Å². The molecule has 0 aliphatic heterocycles. The summed E-state index contributed by atoms with van der Waals surface area (Å²) in [6.07, 6.45) is 1.27. The van der Waals surface area contributed by atoms with E-state index < -0.39 is 18.4 Å². The molecule has 0 saturated heterocycles. The molecule has 2 rings (SSSR count). The maximum absolute atomic E-state index is 3.58. The fourth-order valence-corrected chi connectivity index (χ4v) is 14.7. The number of halogens is 1. The van der Waals surface area contributed by atoms with Crippen LogP contribution in [0.25, 0.3) is 0 Å². The summed E-state index contributed by atoms with van der Waals surface area (Å²) < 4.78 is 4.59. The van der Waals surface area contributed by atoms with E-state index in [1.165, 1.54) is 10.9 Å². The first-order valence-corrected chi connectivity index (χ1v) is 15.3. The topological polar surface area (TPSA) is 0 Å². The van der Waals surface area contributed by atoms with Crippen LogP contribution in [0.5, 0.6) is 0 Å². The molecule has 0 unspecified atom stereocenters. The molecule has 2 aromatic rings. The summed E-state index contributed by atoms with van der Waals surface area (Å²) in [6.45, 7) is 0. The minimum atomic E-state index is -2.40. The quantitative estimate of drug-likeness (QED) is 0.522. The van der Waals surface area contributed by atoms with Crippen molar-refractivity contribution in [3.05, 3.63) is 60.7 Å². The van der Waals surface area contributed by atoms with E-state index in [0.717, 1.165) is 5.33 Å². The Hall–Kier alpha value is -0.281. The second kappa shape index (κ2) is 6.76. The van der Waals surface area contributed by atoms with Crippen LogP contribution < -0.4 is 7.16 Å². The Morgan fingerprint density at radius 3 is 1.67 bits per heavy atom. The summed E-state index contributed by atoms with van der Waals surface area (Å²) in [5.74, 6) is 0. The van der Waals surface area contributed by atoms with Gasteiger partial charge in [-0.25, -0.2) is 0 Å². The van der Waals surface area contributed by atoms with E-state index in [9.17, 15) is 0 Å². The van der Waals surface area contributed by atoms with Gasteiger partial charge in [-0.15, -0.1) is 0 Å². The van der Waals surface area contributed by atoms with Crippen LogP contribution in [0.1, 0.15) is 6.42 Å².